The molecule has 4 rings (SSSR count). The van der Waals surface area contributed by atoms with Gasteiger partial charge in [0.05, 0.1) is 35.4 Å². The van der Waals surface area contributed by atoms with E-state index < -0.39 is 0 Å². The van der Waals surface area contributed by atoms with Crippen LogP contribution in [0.2, 0.25) is 0 Å². The van der Waals surface area contributed by atoms with E-state index in [1.807, 2.05) is 37.1 Å². The molecule has 0 aliphatic rings. The van der Waals surface area contributed by atoms with Crippen molar-refractivity contribution in [3.05, 3.63) is 52.7 Å². The van der Waals surface area contributed by atoms with Crippen LogP contribution in [0.1, 0.15) is 26.8 Å². The molecule has 1 N–H and O–H groups in total. The summed E-state index contributed by atoms with van der Waals surface area (Å²) in [7, 11) is 3.70. The predicted molar refractivity (Wildman–Crippen MR) is 103 cm³/mol. The highest BCUT2D eigenvalue weighted by Gasteiger charge is 2.18. The quantitative estimate of drug-likeness (QED) is 0.299. The average molecular weight is 382 g/mol. The summed E-state index contributed by atoms with van der Waals surface area (Å²) in [5.74, 6) is 0. The SMILES string of the molecule is CN(Cc1cc[nH]n1)/N=C\c1c(C=O)n(C)c2nc(Cn3cccn3)sc12. The molecule has 0 aromatic carbocycles. The summed E-state index contributed by atoms with van der Waals surface area (Å²) in [6.07, 6.45) is 7.97. The molecule has 0 spiro atoms. The van der Waals surface area contributed by atoms with Crippen LogP contribution >= 0.6 is 11.3 Å². The molecule has 10 heteroatoms. The van der Waals surface area contributed by atoms with E-state index in [0.29, 0.717) is 18.8 Å². The first-order chi connectivity index (χ1) is 13.2. The minimum absolute atomic E-state index is 0.561. The van der Waals surface area contributed by atoms with Crippen LogP contribution in [0.4, 0.5) is 0 Å². The number of H-pyrrole nitrogens is 1. The van der Waals surface area contributed by atoms with Gasteiger partial charge in [0.1, 0.15) is 5.01 Å². The summed E-state index contributed by atoms with van der Waals surface area (Å²) in [5, 5.41) is 18.3. The zero-order valence-corrected chi connectivity index (χ0v) is 15.7. The largest absolute Gasteiger partial charge is 0.325 e. The lowest BCUT2D eigenvalue weighted by Gasteiger charge is -2.10. The second-order valence-electron chi connectivity index (χ2n) is 6.07. The molecule has 0 bridgehead atoms. The van der Waals surface area contributed by atoms with E-state index in [-0.39, 0.29) is 0 Å². The number of thiazole rings is 1. The summed E-state index contributed by atoms with van der Waals surface area (Å²) in [6, 6.07) is 3.78. The first-order valence-corrected chi connectivity index (χ1v) is 9.12. The van der Waals surface area contributed by atoms with Crippen LogP contribution in [-0.4, -0.2) is 54.1 Å². The number of aromatic nitrogens is 6. The van der Waals surface area contributed by atoms with Crippen LogP contribution in [0.5, 0.6) is 0 Å². The van der Waals surface area contributed by atoms with E-state index >= 15 is 0 Å². The Labute approximate surface area is 158 Å². The molecule has 27 heavy (non-hydrogen) atoms. The molecular formula is C17H18N8OS. The van der Waals surface area contributed by atoms with Crippen molar-refractivity contribution in [1.29, 1.82) is 0 Å². The van der Waals surface area contributed by atoms with E-state index in [9.17, 15) is 4.79 Å². The maximum Gasteiger partial charge on any atom is 0.167 e. The Kier molecular flexibility index (Phi) is 4.55. The molecule has 4 aromatic rings. The minimum atomic E-state index is 0.561. The first-order valence-electron chi connectivity index (χ1n) is 8.30. The minimum Gasteiger partial charge on any atom is -0.325 e. The highest BCUT2D eigenvalue weighted by molar-refractivity contribution is 7.19. The second kappa shape index (κ2) is 7.16. The van der Waals surface area contributed by atoms with E-state index in [2.05, 4.69) is 25.4 Å². The number of hydrazone groups is 1. The zero-order chi connectivity index (χ0) is 18.8. The molecule has 0 atom stereocenters. The van der Waals surface area contributed by atoms with Crippen molar-refractivity contribution in [1.82, 2.24) is 34.5 Å². The molecule has 9 nitrogen and oxygen atoms in total. The fourth-order valence-electron chi connectivity index (χ4n) is 2.85. The van der Waals surface area contributed by atoms with E-state index in [0.717, 1.165) is 32.9 Å². The Morgan fingerprint density at radius 3 is 3.04 bits per heavy atom. The van der Waals surface area contributed by atoms with Gasteiger partial charge in [-0.25, -0.2) is 4.98 Å². The Balaban J connectivity index is 1.64. The van der Waals surface area contributed by atoms with Crippen LogP contribution in [-0.2, 0) is 20.1 Å². The van der Waals surface area contributed by atoms with Gasteiger partial charge in [-0.2, -0.15) is 15.3 Å². The summed E-state index contributed by atoms with van der Waals surface area (Å²) in [4.78, 5) is 16.3. The number of nitrogens with one attached hydrogen (secondary N) is 1. The Morgan fingerprint density at radius 1 is 1.44 bits per heavy atom. The maximum absolute atomic E-state index is 11.6. The number of carbonyl (C=O) groups is 1. The number of nitrogens with zero attached hydrogens (tertiary/aromatic N) is 7. The van der Waals surface area contributed by atoms with Gasteiger partial charge in [-0.1, -0.05) is 0 Å². The smallest absolute Gasteiger partial charge is 0.167 e. The Morgan fingerprint density at radius 2 is 2.33 bits per heavy atom. The van der Waals surface area contributed by atoms with Crippen LogP contribution in [0.25, 0.3) is 10.3 Å². The molecule has 4 aromatic heterocycles. The number of aromatic amines is 1. The second-order valence-corrected chi connectivity index (χ2v) is 7.15. The molecule has 0 radical (unpaired) electrons. The average Bonchev–Trinajstić information content (AvgIpc) is 3.42. The van der Waals surface area contributed by atoms with Gasteiger partial charge < -0.3 is 4.57 Å². The summed E-state index contributed by atoms with van der Waals surface area (Å²) in [6.45, 7) is 1.16. The van der Waals surface area contributed by atoms with E-state index in [1.165, 1.54) is 0 Å². The summed E-state index contributed by atoms with van der Waals surface area (Å²) < 4.78 is 4.57. The number of hydrogen-bond donors (Lipinski definition) is 1. The summed E-state index contributed by atoms with van der Waals surface area (Å²) >= 11 is 1.55. The number of fused-ring (bicyclic) bond motifs is 1. The molecule has 0 aliphatic carbocycles. The molecule has 4 heterocycles. The van der Waals surface area contributed by atoms with Gasteiger partial charge in [0.15, 0.2) is 11.9 Å². The molecular weight excluding hydrogens is 364 g/mol. The van der Waals surface area contributed by atoms with E-state index in [1.54, 1.807) is 39.5 Å². The van der Waals surface area contributed by atoms with Gasteiger partial charge in [-0.3, -0.25) is 19.6 Å². The third-order valence-electron chi connectivity index (χ3n) is 4.15. The number of rotatable bonds is 7. The van der Waals surface area contributed by atoms with Crippen LogP contribution < -0.4 is 0 Å². The number of hydrogen-bond acceptors (Lipinski definition) is 7. The lowest BCUT2D eigenvalue weighted by atomic mass is 10.3. The van der Waals surface area contributed by atoms with Crippen molar-refractivity contribution in [2.24, 2.45) is 12.1 Å². The van der Waals surface area contributed by atoms with Crippen molar-refractivity contribution < 1.29 is 4.79 Å². The lowest BCUT2D eigenvalue weighted by Crippen LogP contribution is -2.11. The van der Waals surface area contributed by atoms with Crippen molar-refractivity contribution in [2.45, 2.75) is 13.1 Å². The molecule has 0 saturated carbocycles. The standard InChI is InChI=1S/C17H18N8OS/c1-23(9-12-4-6-18-22-12)20-8-13-14(11-26)24(2)17-16(13)27-15(21-17)10-25-7-3-5-19-25/h3-8,11H,9-10H2,1-2H3,(H,18,22)/b20-8-. The highest BCUT2D eigenvalue weighted by atomic mass is 32.1. The third kappa shape index (κ3) is 3.38. The maximum atomic E-state index is 11.6. The van der Waals surface area contributed by atoms with Gasteiger partial charge >= 0.3 is 0 Å². The molecule has 0 fully saturated rings. The van der Waals surface area contributed by atoms with Crippen molar-refractivity contribution in [3.63, 3.8) is 0 Å². The van der Waals surface area contributed by atoms with Crippen LogP contribution in [0.3, 0.4) is 0 Å². The van der Waals surface area contributed by atoms with Crippen molar-refractivity contribution in [3.8, 4) is 0 Å². The third-order valence-corrected chi connectivity index (χ3v) is 5.22. The topological polar surface area (TPSA) is 97.0 Å². The molecule has 0 aliphatic heterocycles. The Bertz CT molecular complexity index is 1070. The van der Waals surface area contributed by atoms with Crippen molar-refractivity contribution in [2.75, 3.05) is 7.05 Å². The van der Waals surface area contributed by atoms with Crippen LogP contribution in [0, 0.1) is 0 Å². The van der Waals surface area contributed by atoms with Gasteiger partial charge in [0, 0.05) is 38.2 Å². The molecule has 138 valence electrons. The predicted octanol–water partition coefficient (Wildman–Crippen LogP) is 1.88. The number of aryl methyl sites for hydroxylation is 1. The summed E-state index contributed by atoms with van der Waals surface area (Å²) in [5.41, 5.74) is 3.01. The first kappa shape index (κ1) is 17.2. The van der Waals surface area contributed by atoms with Gasteiger partial charge in [0.2, 0.25) is 0 Å². The van der Waals surface area contributed by atoms with Gasteiger partial charge in [-0.15, -0.1) is 11.3 Å². The monoisotopic (exact) mass is 382 g/mol. The number of carbonyl (C=O) groups excluding carboxylic acids is 1. The fourth-order valence-corrected chi connectivity index (χ4v) is 3.95. The van der Waals surface area contributed by atoms with Crippen molar-refractivity contribution >= 4 is 34.2 Å². The normalized spacial score (nSPS) is 11.6. The fraction of sp³-hybridized carbons (Fsp3) is 0.235. The number of aldehydes is 1. The van der Waals surface area contributed by atoms with E-state index in [4.69, 9.17) is 0 Å². The molecule has 0 amide bonds. The zero-order valence-electron chi connectivity index (χ0n) is 14.9. The van der Waals surface area contributed by atoms with Crippen LogP contribution in [0.15, 0.2) is 35.8 Å². The van der Waals surface area contributed by atoms with Gasteiger partial charge in [-0.05, 0) is 12.1 Å². The molecule has 0 saturated heterocycles. The Hall–Kier alpha value is -3.27. The molecule has 0 unspecified atom stereocenters. The lowest BCUT2D eigenvalue weighted by molar-refractivity contribution is 0.111. The highest BCUT2D eigenvalue weighted by Crippen LogP contribution is 2.29. The van der Waals surface area contributed by atoms with Gasteiger partial charge in [0.25, 0.3) is 0 Å².